The van der Waals surface area contributed by atoms with Gasteiger partial charge >= 0.3 is 5.97 Å². The van der Waals surface area contributed by atoms with Crippen molar-refractivity contribution in [2.75, 3.05) is 40.8 Å². The number of quaternary nitrogens is 1. The van der Waals surface area contributed by atoms with Gasteiger partial charge in [-0.2, -0.15) is 0 Å². The first-order valence-corrected chi connectivity index (χ1v) is 17.7. The molecule has 0 heterocycles. The van der Waals surface area contributed by atoms with Crippen LogP contribution in [0.1, 0.15) is 108 Å². The molecule has 0 amide bonds. The fraction of sp³-hybridized carbons (Fsp3) is 0.575. The summed E-state index contributed by atoms with van der Waals surface area (Å²) in [6.07, 6.45) is 16.5. The van der Waals surface area contributed by atoms with E-state index in [0.29, 0.717) is 13.0 Å². The molecule has 0 atom stereocenters. The summed E-state index contributed by atoms with van der Waals surface area (Å²) in [4.78, 5) is 15.3. The normalized spacial score (nSPS) is 12.3. The minimum Gasteiger partial charge on any atom is -0.461 e. The average Bonchev–Trinajstić information content (AvgIpc) is 3.01. The fourth-order valence-corrected chi connectivity index (χ4v) is 6.58. The van der Waals surface area contributed by atoms with E-state index in [-0.39, 0.29) is 5.97 Å². The van der Waals surface area contributed by atoms with Crippen LogP contribution in [-0.4, -0.2) is 56.1 Å². The first-order valence-electron chi connectivity index (χ1n) is 17.7. The molecule has 0 aromatic heterocycles. The lowest BCUT2D eigenvalue weighted by molar-refractivity contribution is -0.869. The minimum absolute atomic E-state index is 0.123. The molecule has 0 aliphatic carbocycles. The molecule has 4 nitrogen and oxygen atoms in total. The van der Waals surface area contributed by atoms with Crippen molar-refractivity contribution in [3.63, 3.8) is 0 Å². The highest BCUT2D eigenvalue weighted by atomic mass is 16.5. The van der Waals surface area contributed by atoms with E-state index in [0.717, 1.165) is 23.1 Å². The lowest BCUT2D eigenvalue weighted by Gasteiger charge is -2.24. The van der Waals surface area contributed by atoms with Gasteiger partial charge in [-0.1, -0.05) is 127 Å². The zero-order chi connectivity index (χ0) is 31.4. The molecule has 0 N–H and O–H groups in total. The summed E-state index contributed by atoms with van der Waals surface area (Å²) in [7, 11) is 6.31. The van der Waals surface area contributed by atoms with Crippen LogP contribution in [0.2, 0.25) is 0 Å². The van der Waals surface area contributed by atoms with Crippen LogP contribution < -0.4 is 0 Å². The van der Waals surface area contributed by atoms with Gasteiger partial charge in [-0.3, -0.25) is 9.69 Å². The lowest BCUT2D eigenvalue weighted by Crippen LogP contribution is -2.36. The van der Waals surface area contributed by atoms with Crippen LogP contribution >= 0.6 is 0 Å². The summed E-state index contributed by atoms with van der Waals surface area (Å²) in [5, 5.41) is 7.78. The predicted molar refractivity (Wildman–Crippen MR) is 189 cm³/mol. The molecule has 4 aromatic carbocycles. The van der Waals surface area contributed by atoms with Gasteiger partial charge in [0.15, 0.2) is 0 Å². The number of unbranched alkanes of at least 4 members (excludes halogenated alkanes) is 10. The largest absolute Gasteiger partial charge is 0.461 e. The molecule has 0 unspecified atom stereocenters. The molecule has 4 aromatic rings. The number of benzene rings is 4. The Labute approximate surface area is 267 Å². The van der Waals surface area contributed by atoms with E-state index in [1.165, 1.54) is 128 Å². The number of carbonyl (C=O) groups is 1. The number of esters is 1. The van der Waals surface area contributed by atoms with E-state index in [1.54, 1.807) is 0 Å². The van der Waals surface area contributed by atoms with Gasteiger partial charge in [-0.15, -0.1) is 0 Å². The van der Waals surface area contributed by atoms with Crippen LogP contribution in [0.4, 0.5) is 0 Å². The van der Waals surface area contributed by atoms with Crippen molar-refractivity contribution in [2.45, 2.75) is 110 Å². The van der Waals surface area contributed by atoms with Gasteiger partial charge in [-0.05, 0) is 69.4 Å². The molecule has 0 bridgehead atoms. The fourth-order valence-electron chi connectivity index (χ4n) is 6.58. The number of ether oxygens (including phenoxy) is 1. The highest BCUT2D eigenvalue weighted by Crippen LogP contribution is 2.38. The summed E-state index contributed by atoms with van der Waals surface area (Å²) in [5.74, 6) is -0.123. The standard InChI is InChI=1S/C40H59N2O2/c1-6-8-10-12-14-16-27-41(28-17-15-13-11-9-7-2)30-34-20-18-32-23-25-37-35(31-44-38(43)26-29-42(3,4)5)21-19-33-22-24-36(34)39(32)40(33)37/h18-25H,6-17,26-31H2,1-5H3/q+1. The Hall–Kier alpha value is -2.69. The lowest BCUT2D eigenvalue weighted by atomic mass is 9.90. The smallest absolute Gasteiger partial charge is 0.311 e. The molecule has 0 aliphatic heterocycles. The highest BCUT2D eigenvalue weighted by Gasteiger charge is 2.17. The molecule has 44 heavy (non-hydrogen) atoms. The average molecular weight is 600 g/mol. The Morgan fingerprint density at radius 1 is 0.636 bits per heavy atom. The third-order valence-electron chi connectivity index (χ3n) is 9.27. The molecule has 0 saturated carbocycles. The molecule has 0 fully saturated rings. The van der Waals surface area contributed by atoms with Crippen molar-refractivity contribution in [1.29, 1.82) is 0 Å². The Balaban J connectivity index is 1.53. The van der Waals surface area contributed by atoms with Gasteiger partial charge in [0.1, 0.15) is 6.61 Å². The van der Waals surface area contributed by atoms with Gasteiger partial charge in [0.25, 0.3) is 0 Å². The quantitative estimate of drug-likeness (QED) is 0.0413. The van der Waals surface area contributed by atoms with E-state index in [1.807, 2.05) is 0 Å². The first-order chi connectivity index (χ1) is 21.3. The Bertz CT molecular complexity index is 1420. The van der Waals surface area contributed by atoms with Crippen LogP contribution in [0.25, 0.3) is 32.3 Å². The van der Waals surface area contributed by atoms with Crippen molar-refractivity contribution >= 4 is 38.3 Å². The van der Waals surface area contributed by atoms with Crippen molar-refractivity contribution < 1.29 is 14.0 Å². The van der Waals surface area contributed by atoms with Crippen molar-refractivity contribution in [1.82, 2.24) is 4.90 Å². The maximum absolute atomic E-state index is 12.5. The second kappa shape index (κ2) is 17.1. The monoisotopic (exact) mass is 599 g/mol. The van der Waals surface area contributed by atoms with E-state index in [4.69, 9.17) is 4.74 Å². The molecule has 0 aliphatic rings. The summed E-state index contributed by atoms with van der Waals surface area (Å²) in [6.45, 7) is 9.07. The van der Waals surface area contributed by atoms with E-state index < -0.39 is 0 Å². The molecule has 4 rings (SSSR count). The highest BCUT2D eigenvalue weighted by molar-refractivity contribution is 6.24. The van der Waals surface area contributed by atoms with Gasteiger partial charge < -0.3 is 9.22 Å². The van der Waals surface area contributed by atoms with Crippen LogP contribution in [0.15, 0.2) is 48.5 Å². The molecule has 0 spiro atoms. The van der Waals surface area contributed by atoms with Crippen LogP contribution in [-0.2, 0) is 22.7 Å². The maximum atomic E-state index is 12.5. The van der Waals surface area contributed by atoms with Crippen molar-refractivity contribution in [3.05, 3.63) is 59.7 Å². The molecule has 240 valence electrons. The maximum Gasteiger partial charge on any atom is 0.311 e. The zero-order valence-electron chi connectivity index (χ0n) is 28.6. The van der Waals surface area contributed by atoms with Gasteiger partial charge in [0.2, 0.25) is 0 Å². The molecular weight excluding hydrogens is 540 g/mol. The van der Waals surface area contributed by atoms with Crippen LogP contribution in [0.3, 0.4) is 0 Å². The Kier molecular flexibility index (Phi) is 13.3. The van der Waals surface area contributed by atoms with Gasteiger partial charge in [0, 0.05) is 6.54 Å². The molecule has 0 radical (unpaired) electrons. The molecule has 4 heteroatoms. The SMILES string of the molecule is CCCCCCCCN(CCCCCCCC)Cc1ccc2ccc3c(COC(=O)CC[N+](C)(C)C)ccc4ccc1c2c43. The number of nitrogens with zero attached hydrogens (tertiary/aromatic N) is 2. The summed E-state index contributed by atoms with van der Waals surface area (Å²) >= 11 is 0. The molecule has 0 saturated heterocycles. The number of hydrogen-bond acceptors (Lipinski definition) is 3. The van der Waals surface area contributed by atoms with Crippen molar-refractivity contribution in [2.24, 2.45) is 0 Å². The number of hydrogen-bond donors (Lipinski definition) is 0. The first kappa shape index (κ1) is 34.2. The summed E-state index contributed by atoms with van der Waals surface area (Å²) in [6, 6.07) is 18.1. The number of rotatable bonds is 21. The van der Waals surface area contributed by atoms with Gasteiger partial charge in [-0.25, -0.2) is 0 Å². The third-order valence-corrected chi connectivity index (χ3v) is 9.27. The minimum atomic E-state index is -0.123. The predicted octanol–water partition coefficient (Wildman–Crippen LogP) is 10.2. The third kappa shape index (κ3) is 9.91. The number of carbonyl (C=O) groups excluding carboxylic acids is 1. The zero-order valence-corrected chi connectivity index (χ0v) is 28.6. The van der Waals surface area contributed by atoms with Crippen molar-refractivity contribution in [3.8, 4) is 0 Å². The molecular formula is C40H59N2O2+. The Morgan fingerprint density at radius 2 is 1.11 bits per heavy atom. The summed E-state index contributed by atoms with van der Waals surface area (Å²) < 4.78 is 6.53. The topological polar surface area (TPSA) is 29.5 Å². The van der Waals surface area contributed by atoms with E-state index in [2.05, 4.69) is 88.4 Å². The van der Waals surface area contributed by atoms with E-state index in [9.17, 15) is 4.79 Å². The second-order valence-electron chi connectivity index (χ2n) is 14.1. The van der Waals surface area contributed by atoms with Crippen LogP contribution in [0, 0.1) is 0 Å². The van der Waals surface area contributed by atoms with Crippen LogP contribution in [0.5, 0.6) is 0 Å². The summed E-state index contributed by atoms with van der Waals surface area (Å²) in [5.41, 5.74) is 2.52. The van der Waals surface area contributed by atoms with Gasteiger partial charge in [0.05, 0.1) is 34.1 Å². The van der Waals surface area contributed by atoms with E-state index >= 15 is 0 Å². The second-order valence-corrected chi connectivity index (χ2v) is 14.1. The Morgan fingerprint density at radius 3 is 1.66 bits per heavy atom.